The molecule has 0 heterocycles. The predicted octanol–water partition coefficient (Wildman–Crippen LogP) is 6.34. The first-order valence-corrected chi connectivity index (χ1v) is 18.5. The van der Waals surface area contributed by atoms with Crippen LogP contribution in [0, 0.1) is 23.7 Å². The first-order valence-electron chi connectivity index (χ1n) is 18.5. The van der Waals surface area contributed by atoms with Crippen LogP contribution in [0.5, 0.6) is 0 Å². The summed E-state index contributed by atoms with van der Waals surface area (Å²) in [6.07, 6.45) is 0.824. The second-order valence-electron chi connectivity index (χ2n) is 14.9. The van der Waals surface area contributed by atoms with Gasteiger partial charge >= 0.3 is 0 Å². The summed E-state index contributed by atoms with van der Waals surface area (Å²) in [5, 5.41) is 34.3. The van der Waals surface area contributed by atoms with Crippen molar-refractivity contribution >= 4 is 39.3 Å². The molecule has 0 aliphatic rings. The number of benzene rings is 4. The third-order valence-electron chi connectivity index (χ3n) is 10.1. The van der Waals surface area contributed by atoms with Gasteiger partial charge in [-0.2, -0.15) is 0 Å². The number of aliphatic hydroxyl groups excluding tert-OH is 2. The summed E-state index contributed by atoms with van der Waals surface area (Å²) >= 11 is 0. The lowest BCUT2D eigenvalue weighted by molar-refractivity contribution is -0.133. The van der Waals surface area contributed by atoms with Gasteiger partial charge in [0.25, 0.3) is 0 Å². The van der Waals surface area contributed by atoms with Gasteiger partial charge in [0.15, 0.2) is 0 Å². The van der Waals surface area contributed by atoms with Crippen LogP contribution < -0.4 is 16.0 Å². The van der Waals surface area contributed by atoms with Crippen molar-refractivity contribution in [3.05, 3.63) is 96.1 Å². The standard InChI is InChI=1S/C43H57N3O5/c1-7-29(6)38(26-47)44-40(49)25-39(48)37(22-27(2)3)45-43(51)41(28(4)5)46-42(50)34(23-32-18-12-16-30-14-8-10-20-35(30)32)24-33-19-13-17-31-15-9-11-21-36(31)33/h8-21,27-29,34,37-39,41,47-48H,7,22-26H2,1-6H3,(H,44,49)(H,45,51)(H,46,50)/t29?,37?,38-,39?,41+/m1/s1. The van der Waals surface area contributed by atoms with E-state index in [-0.39, 0.29) is 42.6 Å². The molecule has 3 unspecified atom stereocenters. The van der Waals surface area contributed by atoms with Gasteiger partial charge in [0.2, 0.25) is 17.7 Å². The van der Waals surface area contributed by atoms with E-state index in [4.69, 9.17) is 0 Å². The van der Waals surface area contributed by atoms with Crippen LogP contribution in [0.25, 0.3) is 21.5 Å². The highest BCUT2D eigenvalue weighted by molar-refractivity contribution is 5.91. The monoisotopic (exact) mass is 695 g/mol. The maximum atomic E-state index is 14.4. The second-order valence-corrected chi connectivity index (χ2v) is 14.9. The van der Waals surface area contributed by atoms with Crippen molar-refractivity contribution in [3.8, 4) is 0 Å². The van der Waals surface area contributed by atoms with E-state index >= 15 is 0 Å². The minimum absolute atomic E-state index is 0.0720. The van der Waals surface area contributed by atoms with E-state index in [1.165, 1.54) is 0 Å². The lowest BCUT2D eigenvalue weighted by atomic mass is 9.87. The van der Waals surface area contributed by atoms with E-state index in [1.54, 1.807) is 0 Å². The number of nitrogens with one attached hydrogen (secondary N) is 3. The van der Waals surface area contributed by atoms with Crippen LogP contribution in [0.1, 0.15) is 71.9 Å². The molecule has 5 N–H and O–H groups in total. The Morgan fingerprint density at radius 2 is 1.20 bits per heavy atom. The molecule has 0 aliphatic heterocycles. The second kappa shape index (κ2) is 18.8. The molecule has 0 saturated carbocycles. The van der Waals surface area contributed by atoms with E-state index in [0.717, 1.165) is 39.1 Å². The van der Waals surface area contributed by atoms with E-state index in [2.05, 4.69) is 64.5 Å². The molecule has 274 valence electrons. The van der Waals surface area contributed by atoms with Gasteiger partial charge in [-0.1, -0.05) is 133 Å². The number of carbonyl (C=O) groups excluding carboxylic acids is 3. The number of carbonyl (C=O) groups is 3. The van der Waals surface area contributed by atoms with Crippen molar-refractivity contribution in [2.24, 2.45) is 23.7 Å². The Bertz CT molecular complexity index is 1660. The van der Waals surface area contributed by atoms with Crippen LogP contribution in [0.2, 0.25) is 0 Å². The summed E-state index contributed by atoms with van der Waals surface area (Å²) < 4.78 is 0. The third-order valence-corrected chi connectivity index (χ3v) is 10.1. The average Bonchev–Trinajstić information content (AvgIpc) is 3.11. The molecule has 8 heteroatoms. The molecular formula is C43H57N3O5. The van der Waals surface area contributed by atoms with Gasteiger partial charge in [-0.25, -0.2) is 0 Å². The molecule has 8 nitrogen and oxygen atoms in total. The van der Waals surface area contributed by atoms with Crippen molar-refractivity contribution in [3.63, 3.8) is 0 Å². The number of hydrogen-bond acceptors (Lipinski definition) is 5. The molecule has 0 fully saturated rings. The zero-order chi connectivity index (χ0) is 37.1. The van der Waals surface area contributed by atoms with Crippen LogP contribution in [0.4, 0.5) is 0 Å². The highest BCUT2D eigenvalue weighted by Crippen LogP contribution is 2.27. The molecule has 0 spiro atoms. The SMILES string of the molecule is CCC(C)[C@@H](CO)NC(=O)CC(O)C(CC(C)C)NC(=O)[C@@H](NC(=O)C(Cc1cccc2ccccc12)Cc1cccc2ccccc12)C(C)C. The first-order chi connectivity index (χ1) is 24.4. The molecule has 4 aromatic rings. The summed E-state index contributed by atoms with van der Waals surface area (Å²) in [6.45, 7) is 11.5. The highest BCUT2D eigenvalue weighted by Gasteiger charge is 2.33. The van der Waals surface area contributed by atoms with Crippen LogP contribution in [-0.2, 0) is 27.2 Å². The van der Waals surface area contributed by atoms with Crippen molar-refractivity contribution in [1.82, 2.24) is 16.0 Å². The minimum atomic E-state index is -1.15. The largest absolute Gasteiger partial charge is 0.394 e. The zero-order valence-electron chi connectivity index (χ0n) is 31.1. The first kappa shape index (κ1) is 39.5. The number of hydrogen-bond donors (Lipinski definition) is 5. The molecule has 0 aromatic heterocycles. The number of rotatable bonds is 18. The Balaban J connectivity index is 1.56. The van der Waals surface area contributed by atoms with Crippen LogP contribution in [0.15, 0.2) is 84.9 Å². The number of aliphatic hydroxyl groups is 2. The Morgan fingerprint density at radius 1 is 0.667 bits per heavy atom. The Kier molecular flexibility index (Phi) is 14.6. The van der Waals surface area contributed by atoms with Gasteiger partial charge in [0.1, 0.15) is 6.04 Å². The maximum Gasteiger partial charge on any atom is 0.243 e. The van der Waals surface area contributed by atoms with Crippen molar-refractivity contribution in [2.75, 3.05) is 6.61 Å². The molecule has 3 amide bonds. The van der Waals surface area contributed by atoms with E-state index in [0.29, 0.717) is 19.3 Å². The molecular weight excluding hydrogens is 638 g/mol. The molecule has 0 saturated heterocycles. The van der Waals surface area contributed by atoms with Gasteiger partial charge in [-0.15, -0.1) is 0 Å². The Morgan fingerprint density at radius 3 is 1.69 bits per heavy atom. The molecule has 0 aliphatic carbocycles. The quantitative estimate of drug-likeness (QED) is 0.0831. The molecule has 5 atom stereocenters. The summed E-state index contributed by atoms with van der Waals surface area (Å²) in [5.74, 6) is -1.52. The van der Waals surface area contributed by atoms with Crippen LogP contribution >= 0.6 is 0 Å². The smallest absolute Gasteiger partial charge is 0.243 e. The lowest BCUT2D eigenvalue weighted by Crippen LogP contribution is -2.56. The summed E-state index contributed by atoms with van der Waals surface area (Å²) in [5.41, 5.74) is 2.13. The van der Waals surface area contributed by atoms with Crippen LogP contribution in [0.3, 0.4) is 0 Å². The Hall–Kier alpha value is -4.27. The van der Waals surface area contributed by atoms with Gasteiger partial charge in [0, 0.05) is 5.92 Å². The fraction of sp³-hybridized carbons (Fsp3) is 0.465. The van der Waals surface area contributed by atoms with E-state index in [9.17, 15) is 24.6 Å². The summed E-state index contributed by atoms with van der Waals surface area (Å²) in [6, 6.07) is 26.7. The van der Waals surface area contributed by atoms with Crippen LogP contribution in [-0.4, -0.2) is 58.8 Å². The summed E-state index contributed by atoms with van der Waals surface area (Å²) in [4.78, 5) is 41.2. The van der Waals surface area contributed by atoms with Crippen molar-refractivity contribution in [1.29, 1.82) is 0 Å². The maximum absolute atomic E-state index is 14.4. The molecule has 4 aromatic carbocycles. The third kappa shape index (κ3) is 10.9. The van der Waals surface area contributed by atoms with E-state index < -0.39 is 36.1 Å². The lowest BCUT2D eigenvalue weighted by Gasteiger charge is -2.30. The molecule has 51 heavy (non-hydrogen) atoms. The van der Waals surface area contributed by atoms with Gasteiger partial charge in [0.05, 0.1) is 31.2 Å². The normalized spacial score (nSPS) is 14.7. The van der Waals surface area contributed by atoms with Crippen molar-refractivity contribution < 1.29 is 24.6 Å². The van der Waals surface area contributed by atoms with Gasteiger partial charge in [-0.3, -0.25) is 14.4 Å². The molecule has 0 bridgehead atoms. The zero-order valence-corrected chi connectivity index (χ0v) is 31.1. The van der Waals surface area contributed by atoms with Gasteiger partial charge < -0.3 is 26.2 Å². The Labute approximate surface area is 303 Å². The fourth-order valence-corrected chi connectivity index (χ4v) is 6.88. The number of amides is 3. The molecule has 0 radical (unpaired) electrons. The van der Waals surface area contributed by atoms with Crippen molar-refractivity contribution in [2.45, 2.75) is 97.9 Å². The summed E-state index contributed by atoms with van der Waals surface area (Å²) in [7, 11) is 0. The van der Waals surface area contributed by atoms with E-state index in [1.807, 2.05) is 77.9 Å². The highest BCUT2D eigenvalue weighted by atomic mass is 16.3. The number of fused-ring (bicyclic) bond motifs is 2. The fourth-order valence-electron chi connectivity index (χ4n) is 6.88. The predicted molar refractivity (Wildman–Crippen MR) is 206 cm³/mol. The van der Waals surface area contributed by atoms with Gasteiger partial charge in [-0.05, 0) is 69.7 Å². The average molecular weight is 696 g/mol. The molecule has 4 rings (SSSR count). The topological polar surface area (TPSA) is 128 Å². The minimum Gasteiger partial charge on any atom is -0.394 e.